The number of aryl methyl sites for hydroxylation is 1. The van der Waals surface area contributed by atoms with Crippen molar-refractivity contribution in [3.05, 3.63) is 129 Å². The van der Waals surface area contributed by atoms with Gasteiger partial charge in [0.25, 0.3) is 0 Å². The van der Waals surface area contributed by atoms with Crippen LogP contribution in [-0.4, -0.2) is 63.8 Å². The number of ether oxygens (including phenoxy) is 4. The molecular weight excluding hydrogens is 880 g/mol. The van der Waals surface area contributed by atoms with Crippen LogP contribution in [0.4, 0.5) is 15.3 Å². The summed E-state index contributed by atoms with van der Waals surface area (Å²) in [5.41, 5.74) is 2.12. The van der Waals surface area contributed by atoms with Gasteiger partial charge in [0.05, 0.1) is 16.8 Å². The van der Waals surface area contributed by atoms with E-state index in [1.54, 1.807) is 76.8 Å². The number of esters is 2. The lowest BCUT2D eigenvalue weighted by molar-refractivity contribution is -0.191. The number of nitrogens with zero attached hydrogens (tertiary/aromatic N) is 2. The van der Waals surface area contributed by atoms with Crippen molar-refractivity contribution in [2.75, 3.05) is 0 Å². The Labute approximate surface area is 397 Å². The molecule has 15 nitrogen and oxygen atoms in total. The van der Waals surface area contributed by atoms with E-state index in [-0.39, 0.29) is 53.4 Å². The molecule has 4 rings (SSSR count). The van der Waals surface area contributed by atoms with Gasteiger partial charge in [-0.05, 0) is 145 Å². The molecule has 0 fully saturated rings. The van der Waals surface area contributed by atoms with Gasteiger partial charge in [0.2, 0.25) is 11.9 Å². The second kappa shape index (κ2) is 23.6. The average molecular weight is 942 g/mol. The highest BCUT2D eigenvalue weighted by molar-refractivity contribution is 6.31. The Hall–Kier alpha value is -6.83. The fourth-order valence-corrected chi connectivity index (χ4v) is 6.26. The number of carbonyl (C=O) groups is 5. The predicted octanol–water partition coefficient (Wildman–Crippen LogP) is 10.4. The Bertz CT molecular complexity index is 2420. The molecule has 67 heavy (non-hydrogen) atoms. The molecule has 0 radical (unpaired) electrons. The maximum absolute atomic E-state index is 14.0. The minimum atomic E-state index is -0.849. The van der Waals surface area contributed by atoms with Crippen LogP contribution < -0.4 is 15.4 Å². The number of alkyl carbamates (subject to hydrolysis) is 2. The maximum Gasteiger partial charge on any atom is 0.414 e. The zero-order valence-electron chi connectivity index (χ0n) is 40.3. The molecule has 0 heterocycles. The molecule has 16 heteroatoms. The number of hydrogen-bond acceptors (Lipinski definition) is 12. The van der Waals surface area contributed by atoms with Gasteiger partial charge in [0.15, 0.2) is 0 Å². The van der Waals surface area contributed by atoms with Gasteiger partial charge >= 0.3 is 30.3 Å². The predicted molar refractivity (Wildman–Crippen MR) is 253 cm³/mol. The Kier molecular flexibility index (Phi) is 19.2. The first-order valence-electron chi connectivity index (χ1n) is 21.4. The molecule has 0 aliphatic heterocycles. The number of amides is 3. The van der Waals surface area contributed by atoms with Crippen LogP contribution in [0.1, 0.15) is 132 Å². The quantitative estimate of drug-likeness (QED) is 0.0477. The third-order valence-electron chi connectivity index (χ3n) is 8.88. The fourth-order valence-electron chi connectivity index (χ4n) is 5.99. The van der Waals surface area contributed by atoms with Crippen molar-refractivity contribution in [1.29, 1.82) is 0 Å². The number of benzene rings is 4. The van der Waals surface area contributed by atoms with E-state index in [0.717, 1.165) is 16.7 Å². The molecule has 0 unspecified atom stereocenters. The van der Waals surface area contributed by atoms with Crippen LogP contribution in [0.15, 0.2) is 96.0 Å². The lowest BCUT2D eigenvalue weighted by Crippen LogP contribution is -2.47. The van der Waals surface area contributed by atoms with Gasteiger partial charge < -0.3 is 23.8 Å². The normalized spacial score (nSPS) is 11.4. The van der Waals surface area contributed by atoms with Gasteiger partial charge in [0.1, 0.15) is 22.6 Å². The highest BCUT2D eigenvalue weighted by Gasteiger charge is 2.24. The third kappa shape index (κ3) is 20.1. The van der Waals surface area contributed by atoms with Gasteiger partial charge in [-0.15, -0.1) is 0 Å². The second-order valence-electron chi connectivity index (χ2n) is 19.4. The van der Waals surface area contributed by atoms with Crippen LogP contribution in [-0.2, 0) is 53.5 Å². The van der Waals surface area contributed by atoms with Gasteiger partial charge in [-0.25, -0.2) is 24.2 Å². The average Bonchev–Trinajstić information content (AvgIpc) is 3.18. The summed E-state index contributed by atoms with van der Waals surface area (Å²) in [7, 11) is 0. The zero-order valence-corrected chi connectivity index (χ0v) is 41.0. The number of guanidine groups is 1. The lowest BCUT2D eigenvalue weighted by Gasteiger charge is -2.25. The second-order valence-corrected chi connectivity index (χ2v) is 19.8. The molecule has 2 N–H and O–H groups in total. The minimum Gasteiger partial charge on any atom is -0.456 e. The van der Waals surface area contributed by atoms with Crippen molar-refractivity contribution in [2.45, 2.75) is 131 Å². The van der Waals surface area contributed by atoms with Gasteiger partial charge in [0, 0.05) is 24.5 Å². The molecule has 358 valence electrons. The summed E-state index contributed by atoms with van der Waals surface area (Å²) in [6.45, 7) is 22.6. The number of carbonyl (C=O) groups excluding carboxylic acids is 7. The number of halogens is 1. The standard InChI is InChI=1S/C50H61ClN4O9.CO2/c1-47(2,3)37-18-14-16-33(28-37)31-55(30-32-15-13-17-36(27-32)43(58)62-48(4,5)6)41(56)26-22-34-21-25-39(29-40(34)51)61-42(57)35-19-23-38(24-20-35)52-44(53-45(59)63-49(7,8)9)54-46(60)64-50(10,11)12;2-1-3/h13-21,23-25,27-29H,22,26,30-31H2,1-12H3,(H2,52,53,54,59,60);. The summed E-state index contributed by atoms with van der Waals surface area (Å²) < 4.78 is 21.8. The minimum absolute atomic E-state index is 0.0823. The summed E-state index contributed by atoms with van der Waals surface area (Å²) >= 11 is 6.69. The van der Waals surface area contributed by atoms with Crippen molar-refractivity contribution in [2.24, 2.45) is 4.99 Å². The molecule has 0 aliphatic carbocycles. The van der Waals surface area contributed by atoms with Crippen molar-refractivity contribution in [1.82, 2.24) is 15.5 Å². The number of rotatable bonds is 11. The molecule has 0 aliphatic rings. The highest BCUT2D eigenvalue weighted by Crippen LogP contribution is 2.27. The lowest BCUT2D eigenvalue weighted by atomic mass is 9.86. The summed E-state index contributed by atoms with van der Waals surface area (Å²) in [4.78, 5) is 87.4. The summed E-state index contributed by atoms with van der Waals surface area (Å²) in [6, 6.07) is 26.1. The van der Waals surface area contributed by atoms with Crippen LogP contribution >= 0.6 is 11.6 Å². The van der Waals surface area contributed by atoms with Crippen molar-refractivity contribution < 1.29 is 52.5 Å². The van der Waals surface area contributed by atoms with Gasteiger partial charge in [-0.3, -0.25) is 15.4 Å². The molecule has 0 bridgehead atoms. The van der Waals surface area contributed by atoms with Crippen LogP contribution in [0.3, 0.4) is 0 Å². The Morgan fingerprint density at radius 2 is 1.15 bits per heavy atom. The Morgan fingerprint density at radius 1 is 0.627 bits per heavy atom. The summed E-state index contributed by atoms with van der Waals surface area (Å²) in [6.07, 6.45) is -0.991. The first-order valence-corrected chi connectivity index (χ1v) is 21.8. The largest absolute Gasteiger partial charge is 0.456 e. The molecule has 4 aromatic rings. The smallest absolute Gasteiger partial charge is 0.414 e. The number of hydrogen-bond donors (Lipinski definition) is 2. The monoisotopic (exact) mass is 940 g/mol. The van der Waals surface area contributed by atoms with E-state index in [1.165, 1.54) is 30.3 Å². The van der Waals surface area contributed by atoms with Crippen LogP contribution in [0.5, 0.6) is 5.75 Å². The van der Waals surface area contributed by atoms with E-state index >= 15 is 0 Å². The molecule has 0 aromatic heterocycles. The van der Waals surface area contributed by atoms with E-state index < -0.39 is 40.9 Å². The van der Waals surface area contributed by atoms with E-state index in [0.29, 0.717) is 29.1 Å². The van der Waals surface area contributed by atoms with E-state index in [2.05, 4.69) is 48.5 Å². The molecule has 0 atom stereocenters. The molecule has 0 saturated heterocycles. The van der Waals surface area contributed by atoms with Crippen molar-refractivity contribution >= 4 is 59.4 Å². The third-order valence-corrected chi connectivity index (χ3v) is 9.23. The SMILES string of the molecule is CC(C)(C)OC(=O)NC(=Nc1ccc(C(=O)Oc2ccc(CCC(=O)N(Cc3cccc(C(=O)OC(C)(C)C)c3)Cc3cccc(C(C)(C)C)c3)c(Cl)c2)cc1)NC(=O)OC(C)(C)C.O=C=O. The summed E-state index contributed by atoms with van der Waals surface area (Å²) in [5, 5.41) is 5.15. The topological polar surface area (TPSA) is 196 Å². The van der Waals surface area contributed by atoms with E-state index in [9.17, 15) is 24.0 Å². The number of aliphatic imine (C=N–C) groups is 1. The first-order chi connectivity index (χ1) is 31.0. The van der Waals surface area contributed by atoms with Crippen molar-refractivity contribution in [3.8, 4) is 5.75 Å². The van der Waals surface area contributed by atoms with Crippen molar-refractivity contribution in [3.63, 3.8) is 0 Å². The maximum atomic E-state index is 14.0. The fraction of sp³-hybridized carbons (Fsp3) is 0.392. The number of nitrogens with one attached hydrogen (secondary N) is 2. The van der Waals surface area contributed by atoms with E-state index in [4.69, 9.17) is 40.1 Å². The molecular formula is C51H61ClN4O11. The van der Waals surface area contributed by atoms with Gasteiger partial charge in [-0.1, -0.05) is 74.8 Å². The zero-order chi connectivity index (χ0) is 50.3. The molecule has 4 aromatic carbocycles. The summed E-state index contributed by atoms with van der Waals surface area (Å²) in [5.74, 6) is -1.28. The van der Waals surface area contributed by atoms with Gasteiger partial charge in [-0.2, -0.15) is 9.59 Å². The Morgan fingerprint density at radius 3 is 1.66 bits per heavy atom. The van der Waals surface area contributed by atoms with E-state index in [1.807, 2.05) is 39.0 Å². The van der Waals surface area contributed by atoms with Crippen LogP contribution in [0, 0.1) is 0 Å². The van der Waals surface area contributed by atoms with Crippen LogP contribution in [0.2, 0.25) is 5.02 Å². The molecule has 3 amide bonds. The highest BCUT2D eigenvalue weighted by atomic mass is 35.5. The van der Waals surface area contributed by atoms with Crippen LogP contribution in [0.25, 0.3) is 0 Å². The molecule has 0 spiro atoms. The molecule has 0 saturated carbocycles. The Balaban J connectivity index is 0.00000386. The first kappa shape index (κ1) is 54.5.